The van der Waals surface area contributed by atoms with Gasteiger partial charge < -0.3 is 10.2 Å². The van der Waals surface area contributed by atoms with E-state index in [2.05, 4.69) is 0 Å². The fraction of sp³-hybridized carbons (Fsp3) is 0.259. The number of ketones is 3. The summed E-state index contributed by atoms with van der Waals surface area (Å²) in [4.78, 5) is 49.0. The first-order chi connectivity index (χ1) is 15.8. The topological polar surface area (TPSA) is 109 Å². The first-order valence-corrected chi connectivity index (χ1v) is 10.9. The number of aromatic hydroxyl groups is 1. The first kappa shape index (κ1) is 21.1. The zero-order valence-electron chi connectivity index (χ0n) is 18.0. The molecule has 5 rings (SSSR count). The summed E-state index contributed by atoms with van der Waals surface area (Å²) in [6, 6.07) is 10.3. The maximum absolute atomic E-state index is 13.5. The van der Waals surface area contributed by atoms with Gasteiger partial charge in [0.2, 0.25) is 0 Å². The Morgan fingerprint density at radius 1 is 1.06 bits per heavy atom. The molecule has 0 saturated carbocycles. The molecular weight excluding hydrogens is 420 g/mol. The van der Waals surface area contributed by atoms with Crippen LogP contribution >= 0.6 is 0 Å². The predicted octanol–water partition coefficient (Wildman–Crippen LogP) is 4.16. The molecular formula is C27H22O6. The van der Waals surface area contributed by atoms with Crippen LogP contribution in [0.2, 0.25) is 0 Å². The highest BCUT2D eigenvalue weighted by Gasteiger charge is 2.47. The molecule has 3 atom stereocenters. The largest absolute Gasteiger partial charge is 0.511 e. The van der Waals surface area contributed by atoms with Crippen molar-refractivity contribution in [1.29, 1.82) is 0 Å². The van der Waals surface area contributed by atoms with E-state index in [1.54, 1.807) is 36.4 Å². The highest BCUT2D eigenvalue weighted by molar-refractivity contribution is 6.17. The highest BCUT2D eigenvalue weighted by atomic mass is 16.3. The molecule has 0 fully saturated rings. The summed E-state index contributed by atoms with van der Waals surface area (Å²) in [7, 11) is 0. The van der Waals surface area contributed by atoms with Crippen LogP contribution in [0.15, 0.2) is 59.4 Å². The first-order valence-electron chi connectivity index (χ1n) is 10.9. The molecule has 0 heterocycles. The molecule has 0 aromatic heterocycles. The second kappa shape index (κ2) is 7.66. The van der Waals surface area contributed by atoms with Crippen LogP contribution in [-0.4, -0.2) is 33.8 Å². The minimum Gasteiger partial charge on any atom is -0.511 e. The van der Waals surface area contributed by atoms with Crippen molar-refractivity contribution >= 4 is 23.6 Å². The number of aldehydes is 1. The number of Topliss-reactive ketones (excluding diaryl/α,β-unsaturated/α-hetero) is 3. The summed E-state index contributed by atoms with van der Waals surface area (Å²) in [5.41, 5.74) is 2.68. The molecule has 6 heteroatoms. The van der Waals surface area contributed by atoms with E-state index >= 15 is 0 Å². The van der Waals surface area contributed by atoms with E-state index in [4.69, 9.17) is 0 Å². The van der Waals surface area contributed by atoms with Gasteiger partial charge in [-0.1, -0.05) is 42.5 Å². The van der Waals surface area contributed by atoms with Crippen LogP contribution < -0.4 is 0 Å². The number of rotatable bonds is 3. The standard InChI is InChI=1S/C27H22O6/c1-13(29)14-2-4-15(5-3-14)20-9-8-17-11-19-10-16-6-7-18(12-28)24(30)21(16)26(32)23(19)27(33)22(17)25(20)31/h2-5,7-9,12,16,19,21,31-32H,6,10-11H2,1H3. The maximum atomic E-state index is 13.5. The number of aliphatic hydroxyl groups is 1. The number of carbonyl (C=O) groups is 4. The Balaban J connectivity index is 1.58. The van der Waals surface area contributed by atoms with Gasteiger partial charge in [0.05, 0.1) is 17.1 Å². The summed E-state index contributed by atoms with van der Waals surface area (Å²) < 4.78 is 0. The Bertz CT molecular complexity index is 1290. The number of allylic oxidation sites excluding steroid dienone is 4. The molecule has 0 bridgehead atoms. The van der Waals surface area contributed by atoms with Crippen molar-refractivity contribution in [1.82, 2.24) is 0 Å². The summed E-state index contributed by atoms with van der Waals surface area (Å²) in [5.74, 6) is -2.74. The molecule has 0 aliphatic heterocycles. The van der Waals surface area contributed by atoms with Crippen molar-refractivity contribution in [2.45, 2.75) is 26.2 Å². The number of carbonyl (C=O) groups excluding carboxylic acids is 4. The van der Waals surface area contributed by atoms with Crippen molar-refractivity contribution in [2.24, 2.45) is 17.8 Å². The fourth-order valence-corrected chi connectivity index (χ4v) is 5.52. The molecule has 2 aromatic rings. The minimum atomic E-state index is -0.892. The Morgan fingerprint density at radius 3 is 2.45 bits per heavy atom. The van der Waals surface area contributed by atoms with Gasteiger partial charge in [-0.3, -0.25) is 19.2 Å². The van der Waals surface area contributed by atoms with Crippen LogP contribution in [-0.2, 0) is 16.0 Å². The maximum Gasteiger partial charge on any atom is 0.196 e. The van der Waals surface area contributed by atoms with E-state index in [1.165, 1.54) is 6.92 Å². The molecule has 166 valence electrons. The van der Waals surface area contributed by atoms with Crippen LogP contribution in [0.5, 0.6) is 5.75 Å². The number of hydrogen-bond donors (Lipinski definition) is 2. The average molecular weight is 442 g/mol. The number of benzene rings is 2. The third-order valence-corrected chi connectivity index (χ3v) is 7.18. The van der Waals surface area contributed by atoms with Crippen molar-refractivity contribution in [2.75, 3.05) is 0 Å². The van der Waals surface area contributed by atoms with Crippen LogP contribution in [0.1, 0.15) is 46.0 Å². The molecule has 3 unspecified atom stereocenters. The summed E-state index contributed by atoms with van der Waals surface area (Å²) in [6.07, 6.45) is 3.64. The van der Waals surface area contributed by atoms with Crippen LogP contribution in [0.25, 0.3) is 11.1 Å². The molecule has 0 amide bonds. The molecule has 3 aliphatic rings. The van der Waals surface area contributed by atoms with Crippen molar-refractivity contribution in [3.63, 3.8) is 0 Å². The summed E-state index contributed by atoms with van der Waals surface area (Å²) in [5, 5.41) is 22.1. The smallest absolute Gasteiger partial charge is 0.196 e. The normalized spacial score (nSPS) is 23.9. The highest BCUT2D eigenvalue weighted by Crippen LogP contribution is 2.49. The lowest BCUT2D eigenvalue weighted by Crippen LogP contribution is -2.40. The number of fused-ring (bicyclic) bond motifs is 3. The zero-order chi connectivity index (χ0) is 23.4. The van der Waals surface area contributed by atoms with Crippen molar-refractivity contribution in [3.8, 4) is 16.9 Å². The third kappa shape index (κ3) is 3.17. The van der Waals surface area contributed by atoms with Gasteiger partial charge in [-0.15, -0.1) is 0 Å². The molecule has 6 nitrogen and oxygen atoms in total. The van der Waals surface area contributed by atoms with E-state index in [-0.39, 0.29) is 45.8 Å². The Kier molecular flexibility index (Phi) is 4.89. The van der Waals surface area contributed by atoms with Crippen LogP contribution in [0, 0.1) is 17.8 Å². The predicted molar refractivity (Wildman–Crippen MR) is 120 cm³/mol. The lowest BCUT2D eigenvalue weighted by Gasteiger charge is -2.40. The number of aliphatic hydroxyl groups excluding tert-OH is 1. The summed E-state index contributed by atoms with van der Waals surface area (Å²) >= 11 is 0. The van der Waals surface area contributed by atoms with Gasteiger partial charge in [0, 0.05) is 16.7 Å². The van der Waals surface area contributed by atoms with Gasteiger partial charge in [0.15, 0.2) is 23.6 Å². The van der Waals surface area contributed by atoms with Gasteiger partial charge in [-0.05, 0) is 49.1 Å². The SMILES string of the molecule is CC(=O)c1ccc(-c2ccc3c(c2O)C(=O)C2=C(O)C4C(=O)C(C=O)=CCC4CC2C3)cc1. The van der Waals surface area contributed by atoms with Crippen molar-refractivity contribution < 1.29 is 29.4 Å². The molecule has 2 aromatic carbocycles. The Morgan fingerprint density at radius 2 is 1.79 bits per heavy atom. The Hall–Kier alpha value is -3.80. The Labute approximate surface area is 190 Å². The van der Waals surface area contributed by atoms with E-state index in [0.717, 1.165) is 0 Å². The third-order valence-electron chi connectivity index (χ3n) is 7.18. The number of hydrogen-bond acceptors (Lipinski definition) is 6. The molecule has 0 radical (unpaired) electrons. The second-order valence-corrected chi connectivity index (χ2v) is 9.01. The lowest BCUT2D eigenvalue weighted by atomic mass is 9.63. The lowest BCUT2D eigenvalue weighted by molar-refractivity contribution is -0.123. The van der Waals surface area contributed by atoms with Gasteiger partial charge >= 0.3 is 0 Å². The van der Waals surface area contributed by atoms with Crippen LogP contribution in [0.4, 0.5) is 0 Å². The van der Waals surface area contributed by atoms with Gasteiger partial charge in [-0.2, -0.15) is 0 Å². The fourth-order valence-electron chi connectivity index (χ4n) is 5.52. The number of phenols is 1. The molecule has 2 N–H and O–H groups in total. The molecule has 3 aliphatic carbocycles. The van der Waals surface area contributed by atoms with Crippen LogP contribution in [0.3, 0.4) is 0 Å². The zero-order valence-corrected chi connectivity index (χ0v) is 18.0. The monoisotopic (exact) mass is 442 g/mol. The van der Waals surface area contributed by atoms with E-state index < -0.39 is 17.5 Å². The average Bonchev–Trinajstić information content (AvgIpc) is 2.79. The number of phenolic OH excluding ortho intramolecular Hbond substituents is 1. The molecule has 0 saturated heterocycles. The molecule has 33 heavy (non-hydrogen) atoms. The second-order valence-electron chi connectivity index (χ2n) is 9.01. The van der Waals surface area contributed by atoms with Gasteiger partial charge in [0.25, 0.3) is 0 Å². The van der Waals surface area contributed by atoms with E-state index in [1.807, 2.05) is 6.07 Å². The quantitative estimate of drug-likeness (QED) is 0.420. The van der Waals surface area contributed by atoms with E-state index in [0.29, 0.717) is 47.8 Å². The van der Waals surface area contributed by atoms with Gasteiger partial charge in [-0.25, -0.2) is 0 Å². The summed E-state index contributed by atoms with van der Waals surface area (Å²) in [6.45, 7) is 1.47. The minimum absolute atomic E-state index is 0.0321. The van der Waals surface area contributed by atoms with Gasteiger partial charge in [0.1, 0.15) is 11.5 Å². The van der Waals surface area contributed by atoms with E-state index in [9.17, 15) is 29.4 Å². The van der Waals surface area contributed by atoms with Crippen molar-refractivity contribution in [3.05, 3.63) is 76.1 Å². The molecule has 0 spiro atoms.